The number of fused-ring (bicyclic) bond motifs is 1. The van der Waals surface area contributed by atoms with Gasteiger partial charge in [-0.1, -0.05) is 30.3 Å². The maximum Gasteiger partial charge on any atom is 0.167 e. The van der Waals surface area contributed by atoms with E-state index >= 15 is 0 Å². The number of rotatable bonds is 6. The zero-order valence-electron chi connectivity index (χ0n) is 15.5. The van der Waals surface area contributed by atoms with Crippen LogP contribution in [0.1, 0.15) is 35.2 Å². The van der Waals surface area contributed by atoms with E-state index in [-0.39, 0.29) is 11.3 Å². The van der Waals surface area contributed by atoms with Crippen LogP contribution in [-0.4, -0.2) is 37.0 Å². The molecule has 0 spiro atoms. The smallest absolute Gasteiger partial charge is 0.167 e. The fraction of sp³-hybridized carbons (Fsp3) is 0.409. The molecule has 2 N–H and O–H groups in total. The highest BCUT2D eigenvalue weighted by molar-refractivity contribution is 5.98. The summed E-state index contributed by atoms with van der Waals surface area (Å²) in [7, 11) is 0. The summed E-state index contributed by atoms with van der Waals surface area (Å²) in [6.45, 7) is 3.31. The Hall–Kier alpha value is -2.40. The van der Waals surface area contributed by atoms with Crippen LogP contribution in [0.25, 0.3) is 0 Å². The molecule has 0 unspecified atom stereocenters. The van der Waals surface area contributed by atoms with Crippen LogP contribution in [0.4, 0.5) is 15.8 Å². The van der Waals surface area contributed by atoms with Gasteiger partial charge in [-0.2, -0.15) is 0 Å². The highest BCUT2D eigenvalue weighted by Crippen LogP contribution is 2.30. The number of hydrogen-bond acceptors (Lipinski definition) is 4. The molecule has 1 atom stereocenters. The molecule has 1 fully saturated rings. The van der Waals surface area contributed by atoms with Gasteiger partial charge in [-0.15, -0.1) is 0 Å². The summed E-state index contributed by atoms with van der Waals surface area (Å²) < 4.78 is 14.3. The molecule has 2 heterocycles. The number of nitrogens with one attached hydrogen (secondary N) is 2. The average molecular weight is 367 g/mol. The van der Waals surface area contributed by atoms with Crippen molar-refractivity contribution in [2.75, 3.05) is 36.9 Å². The fourth-order valence-corrected chi connectivity index (χ4v) is 4.18. The van der Waals surface area contributed by atoms with Crippen LogP contribution in [0, 0.1) is 11.7 Å². The second-order valence-electron chi connectivity index (χ2n) is 7.58. The summed E-state index contributed by atoms with van der Waals surface area (Å²) in [5.41, 5.74) is 3.11. The van der Waals surface area contributed by atoms with Crippen LogP contribution in [0.3, 0.4) is 0 Å². The second kappa shape index (κ2) is 8.09. The standard InChI is InChI=1S/C22H26FN3O/c23-19-13-21-20(24-15-25-21)12-18(19)22(27)8-10-26-9-4-7-17(14-26)11-16-5-2-1-3-6-16/h1-3,5-6,12-13,17,24-25H,4,7-11,14-15H2/t17-/m1/s1. The van der Waals surface area contributed by atoms with Gasteiger partial charge in [-0.25, -0.2) is 4.39 Å². The topological polar surface area (TPSA) is 44.4 Å². The minimum absolute atomic E-state index is 0.116. The van der Waals surface area contributed by atoms with E-state index in [1.807, 2.05) is 6.07 Å². The Morgan fingerprint density at radius 3 is 2.74 bits per heavy atom. The molecule has 0 bridgehead atoms. The Labute approximate surface area is 159 Å². The van der Waals surface area contributed by atoms with Crippen molar-refractivity contribution in [2.24, 2.45) is 5.92 Å². The summed E-state index contributed by atoms with van der Waals surface area (Å²) in [5.74, 6) is 0.0768. The lowest BCUT2D eigenvalue weighted by Crippen LogP contribution is -2.37. The predicted molar refractivity (Wildman–Crippen MR) is 107 cm³/mol. The normalized spacial score (nSPS) is 19.2. The van der Waals surface area contributed by atoms with E-state index in [2.05, 4.69) is 39.8 Å². The summed E-state index contributed by atoms with van der Waals surface area (Å²) in [6, 6.07) is 13.6. The number of carbonyl (C=O) groups excluding carboxylic acids is 1. The summed E-state index contributed by atoms with van der Waals surface area (Å²) in [6.07, 6.45) is 3.84. The van der Waals surface area contributed by atoms with Crippen LogP contribution in [0.5, 0.6) is 0 Å². The SMILES string of the molecule is O=C(CCN1CCC[C@H](Cc2ccccc2)C1)c1cc2c(cc1F)NCN2. The largest absolute Gasteiger partial charge is 0.366 e. The number of likely N-dealkylation sites (tertiary alicyclic amines) is 1. The molecular formula is C22H26FN3O. The van der Waals surface area contributed by atoms with Gasteiger partial charge in [-0.3, -0.25) is 4.79 Å². The first-order valence-electron chi connectivity index (χ1n) is 9.80. The molecule has 5 heteroatoms. The van der Waals surface area contributed by atoms with Crippen LogP contribution in [0.2, 0.25) is 0 Å². The van der Waals surface area contributed by atoms with Gasteiger partial charge in [-0.05, 0) is 49.4 Å². The quantitative estimate of drug-likeness (QED) is 0.753. The molecule has 0 aromatic heterocycles. The summed E-state index contributed by atoms with van der Waals surface area (Å²) >= 11 is 0. The molecule has 142 valence electrons. The Morgan fingerprint density at radius 1 is 1.15 bits per heavy atom. The number of halogens is 1. The number of carbonyl (C=O) groups is 1. The predicted octanol–water partition coefficient (Wildman–Crippen LogP) is 4.15. The Bertz CT molecular complexity index is 809. The third kappa shape index (κ3) is 4.30. The molecule has 2 aromatic rings. The van der Waals surface area contributed by atoms with E-state index in [1.54, 1.807) is 6.07 Å². The lowest BCUT2D eigenvalue weighted by atomic mass is 9.91. The van der Waals surface area contributed by atoms with Crippen molar-refractivity contribution < 1.29 is 9.18 Å². The molecule has 0 saturated carbocycles. The van der Waals surface area contributed by atoms with Crippen LogP contribution < -0.4 is 10.6 Å². The Morgan fingerprint density at radius 2 is 1.93 bits per heavy atom. The third-order valence-electron chi connectivity index (χ3n) is 5.59. The Balaban J connectivity index is 1.32. The number of anilines is 2. The van der Waals surface area contributed by atoms with Crippen molar-refractivity contribution in [3.8, 4) is 0 Å². The molecule has 0 aliphatic carbocycles. The van der Waals surface area contributed by atoms with Crippen molar-refractivity contribution in [3.63, 3.8) is 0 Å². The zero-order valence-corrected chi connectivity index (χ0v) is 15.5. The second-order valence-corrected chi connectivity index (χ2v) is 7.58. The van der Waals surface area contributed by atoms with Gasteiger partial charge in [0, 0.05) is 19.5 Å². The van der Waals surface area contributed by atoms with Crippen molar-refractivity contribution in [1.82, 2.24) is 4.90 Å². The molecule has 2 aliphatic heterocycles. The molecule has 0 amide bonds. The van der Waals surface area contributed by atoms with Crippen molar-refractivity contribution >= 4 is 17.2 Å². The average Bonchev–Trinajstić information content (AvgIpc) is 3.14. The van der Waals surface area contributed by atoms with E-state index in [0.29, 0.717) is 25.6 Å². The number of benzene rings is 2. The van der Waals surface area contributed by atoms with Crippen LogP contribution in [0.15, 0.2) is 42.5 Å². The number of hydrogen-bond donors (Lipinski definition) is 2. The number of Topliss-reactive ketones (excluding diaryl/α,β-unsaturated/α-hetero) is 1. The van der Waals surface area contributed by atoms with E-state index in [4.69, 9.17) is 0 Å². The molecule has 4 rings (SSSR count). The van der Waals surface area contributed by atoms with Gasteiger partial charge in [0.25, 0.3) is 0 Å². The van der Waals surface area contributed by atoms with Gasteiger partial charge in [0.15, 0.2) is 5.78 Å². The maximum atomic E-state index is 14.3. The van der Waals surface area contributed by atoms with E-state index in [0.717, 1.165) is 37.3 Å². The van der Waals surface area contributed by atoms with Gasteiger partial charge < -0.3 is 15.5 Å². The highest BCUT2D eigenvalue weighted by atomic mass is 19.1. The van der Waals surface area contributed by atoms with Gasteiger partial charge in [0.05, 0.1) is 23.6 Å². The monoisotopic (exact) mass is 367 g/mol. The van der Waals surface area contributed by atoms with E-state index in [1.165, 1.54) is 18.1 Å². The molecule has 27 heavy (non-hydrogen) atoms. The number of piperidine rings is 1. The van der Waals surface area contributed by atoms with Crippen LogP contribution >= 0.6 is 0 Å². The minimum Gasteiger partial charge on any atom is -0.366 e. The minimum atomic E-state index is -0.435. The number of nitrogens with zero attached hydrogens (tertiary/aromatic N) is 1. The summed E-state index contributed by atoms with van der Waals surface area (Å²) in [5, 5.41) is 6.16. The summed E-state index contributed by atoms with van der Waals surface area (Å²) in [4.78, 5) is 14.9. The Kier molecular flexibility index (Phi) is 5.39. The number of ketones is 1. The molecular weight excluding hydrogens is 341 g/mol. The van der Waals surface area contributed by atoms with Crippen LogP contribution in [-0.2, 0) is 6.42 Å². The zero-order chi connectivity index (χ0) is 18.6. The lowest BCUT2D eigenvalue weighted by molar-refractivity contribution is 0.0942. The van der Waals surface area contributed by atoms with E-state index in [9.17, 15) is 9.18 Å². The first-order chi connectivity index (χ1) is 13.2. The van der Waals surface area contributed by atoms with Crippen molar-refractivity contribution in [1.29, 1.82) is 0 Å². The van der Waals surface area contributed by atoms with Gasteiger partial charge >= 0.3 is 0 Å². The van der Waals surface area contributed by atoms with Crippen molar-refractivity contribution in [2.45, 2.75) is 25.7 Å². The van der Waals surface area contributed by atoms with Gasteiger partial charge in [0.1, 0.15) is 5.82 Å². The lowest BCUT2D eigenvalue weighted by Gasteiger charge is -2.32. The third-order valence-corrected chi connectivity index (χ3v) is 5.59. The fourth-order valence-electron chi connectivity index (χ4n) is 4.18. The molecule has 0 radical (unpaired) electrons. The first-order valence-corrected chi connectivity index (χ1v) is 9.80. The molecule has 4 nitrogen and oxygen atoms in total. The first kappa shape index (κ1) is 18.0. The molecule has 1 saturated heterocycles. The molecule has 2 aliphatic rings. The maximum absolute atomic E-state index is 14.3. The highest BCUT2D eigenvalue weighted by Gasteiger charge is 2.22. The van der Waals surface area contributed by atoms with Gasteiger partial charge in [0.2, 0.25) is 0 Å². The van der Waals surface area contributed by atoms with E-state index < -0.39 is 5.82 Å². The van der Waals surface area contributed by atoms with Crippen molar-refractivity contribution in [3.05, 3.63) is 59.4 Å². The molecule has 2 aromatic carbocycles.